The predicted octanol–water partition coefficient (Wildman–Crippen LogP) is 2.70. The summed E-state index contributed by atoms with van der Waals surface area (Å²) in [6, 6.07) is 4.66. The first-order chi connectivity index (χ1) is 9.97. The summed E-state index contributed by atoms with van der Waals surface area (Å²) >= 11 is 0. The lowest BCUT2D eigenvalue weighted by Gasteiger charge is -2.17. The molecule has 0 saturated carbocycles. The molecule has 0 aromatic heterocycles. The summed E-state index contributed by atoms with van der Waals surface area (Å²) in [5.41, 5.74) is 5.21. The van der Waals surface area contributed by atoms with Crippen LogP contribution in [0.2, 0.25) is 0 Å². The SMILES string of the molecule is CCNC(=NCc1c(C)cc(C)cc1C)NC(C)COC. The number of nitrogens with one attached hydrogen (secondary N) is 2. The Bertz CT molecular complexity index is 460. The van der Waals surface area contributed by atoms with E-state index in [4.69, 9.17) is 9.73 Å². The number of aryl methyl sites for hydroxylation is 3. The molecule has 1 aromatic rings. The van der Waals surface area contributed by atoms with Crippen LogP contribution >= 0.6 is 0 Å². The smallest absolute Gasteiger partial charge is 0.191 e. The Kier molecular flexibility index (Phi) is 7.23. The van der Waals surface area contributed by atoms with Gasteiger partial charge in [0.2, 0.25) is 0 Å². The fourth-order valence-electron chi connectivity index (χ4n) is 2.46. The second-order valence-corrected chi connectivity index (χ2v) is 5.57. The standard InChI is InChI=1S/C17H29N3O/c1-7-18-17(20-15(5)11-21-6)19-10-16-13(3)8-12(2)9-14(16)4/h8-9,15H,7,10-11H2,1-6H3,(H2,18,19,20). The van der Waals surface area contributed by atoms with Gasteiger partial charge < -0.3 is 15.4 Å². The average molecular weight is 291 g/mol. The van der Waals surface area contributed by atoms with E-state index in [1.54, 1.807) is 7.11 Å². The predicted molar refractivity (Wildman–Crippen MR) is 89.9 cm³/mol. The summed E-state index contributed by atoms with van der Waals surface area (Å²) in [7, 11) is 1.71. The van der Waals surface area contributed by atoms with Crippen LogP contribution in [0.5, 0.6) is 0 Å². The van der Waals surface area contributed by atoms with Crippen molar-refractivity contribution in [3.8, 4) is 0 Å². The molecule has 0 amide bonds. The molecule has 1 atom stereocenters. The summed E-state index contributed by atoms with van der Waals surface area (Å²) < 4.78 is 5.15. The summed E-state index contributed by atoms with van der Waals surface area (Å²) in [5, 5.41) is 6.63. The zero-order valence-corrected chi connectivity index (χ0v) is 14.2. The number of methoxy groups -OCH3 is 1. The van der Waals surface area contributed by atoms with Crippen LogP contribution in [0.25, 0.3) is 0 Å². The quantitative estimate of drug-likeness (QED) is 0.626. The maximum atomic E-state index is 5.15. The molecule has 0 aliphatic rings. The van der Waals surface area contributed by atoms with E-state index in [9.17, 15) is 0 Å². The molecule has 0 saturated heterocycles. The molecule has 0 bridgehead atoms. The minimum absolute atomic E-state index is 0.230. The maximum absolute atomic E-state index is 5.15. The van der Waals surface area contributed by atoms with Crippen molar-refractivity contribution in [2.45, 2.75) is 47.2 Å². The van der Waals surface area contributed by atoms with Crippen molar-refractivity contribution in [2.24, 2.45) is 4.99 Å². The second kappa shape index (κ2) is 8.67. The zero-order chi connectivity index (χ0) is 15.8. The van der Waals surface area contributed by atoms with E-state index in [1.165, 1.54) is 22.3 Å². The fraction of sp³-hybridized carbons (Fsp3) is 0.588. The number of nitrogens with zero attached hydrogens (tertiary/aromatic N) is 1. The monoisotopic (exact) mass is 291 g/mol. The van der Waals surface area contributed by atoms with Crippen molar-refractivity contribution in [1.82, 2.24) is 10.6 Å². The number of ether oxygens (including phenoxy) is 1. The van der Waals surface area contributed by atoms with Crippen LogP contribution in [0.1, 0.15) is 36.1 Å². The van der Waals surface area contributed by atoms with Crippen molar-refractivity contribution in [2.75, 3.05) is 20.3 Å². The third-order valence-corrected chi connectivity index (χ3v) is 3.38. The Morgan fingerprint density at radius 3 is 2.38 bits per heavy atom. The molecule has 4 heteroatoms. The topological polar surface area (TPSA) is 45.7 Å². The number of benzene rings is 1. The Morgan fingerprint density at radius 2 is 1.86 bits per heavy atom. The van der Waals surface area contributed by atoms with Crippen LogP contribution in [0.4, 0.5) is 0 Å². The molecule has 4 nitrogen and oxygen atoms in total. The Labute approximate surface area is 129 Å². The first-order valence-electron chi connectivity index (χ1n) is 7.58. The van der Waals surface area contributed by atoms with Crippen molar-refractivity contribution in [1.29, 1.82) is 0 Å². The van der Waals surface area contributed by atoms with E-state index in [2.05, 4.69) is 57.4 Å². The lowest BCUT2D eigenvalue weighted by atomic mass is 10.00. The number of hydrogen-bond acceptors (Lipinski definition) is 2. The van der Waals surface area contributed by atoms with E-state index in [-0.39, 0.29) is 6.04 Å². The molecule has 0 aliphatic carbocycles. The van der Waals surface area contributed by atoms with Crippen LogP contribution in [0, 0.1) is 20.8 Å². The van der Waals surface area contributed by atoms with E-state index in [1.807, 2.05) is 0 Å². The molecule has 1 rings (SSSR count). The Hall–Kier alpha value is -1.55. The molecule has 2 N–H and O–H groups in total. The van der Waals surface area contributed by atoms with Gasteiger partial charge in [-0.3, -0.25) is 0 Å². The van der Waals surface area contributed by atoms with Crippen molar-refractivity contribution < 1.29 is 4.74 Å². The van der Waals surface area contributed by atoms with Gasteiger partial charge in [-0.25, -0.2) is 4.99 Å². The van der Waals surface area contributed by atoms with Gasteiger partial charge in [-0.15, -0.1) is 0 Å². The molecule has 21 heavy (non-hydrogen) atoms. The highest BCUT2D eigenvalue weighted by Crippen LogP contribution is 2.17. The van der Waals surface area contributed by atoms with Gasteiger partial charge in [-0.1, -0.05) is 17.7 Å². The fourth-order valence-corrected chi connectivity index (χ4v) is 2.46. The van der Waals surface area contributed by atoms with Gasteiger partial charge >= 0.3 is 0 Å². The molecule has 1 unspecified atom stereocenters. The third kappa shape index (κ3) is 5.76. The van der Waals surface area contributed by atoms with Gasteiger partial charge in [0.1, 0.15) is 0 Å². The van der Waals surface area contributed by atoms with Gasteiger partial charge in [-0.05, 0) is 51.3 Å². The molecule has 0 heterocycles. The Morgan fingerprint density at radius 1 is 1.24 bits per heavy atom. The van der Waals surface area contributed by atoms with Gasteiger partial charge in [0.25, 0.3) is 0 Å². The summed E-state index contributed by atoms with van der Waals surface area (Å²) in [6.07, 6.45) is 0. The number of hydrogen-bond donors (Lipinski definition) is 2. The molecule has 0 spiro atoms. The highest BCUT2D eigenvalue weighted by molar-refractivity contribution is 5.80. The summed E-state index contributed by atoms with van der Waals surface area (Å²) in [4.78, 5) is 4.70. The minimum atomic E-state index is 0.230. The first kappa shape index (κ1) is 17.5. The lowest BCUT2D eigenvalue weighted by Crippen LogP contribution is -2.43. The third-order valence-electron chi connectivity index (χ3n) is 3.38. The Balaban J connectivity index is 2.83. The minimum Gasteiger partial charge on any atom is -0.383 e. The van der Waals surface area contributed by atoms with E-state index >= 15 is 0 Å². The largest absolute Gasteiger partial charge is 0.383 e. The van der Waals surface area contributed by atoms with Gasteiger partial charge in [0.15, 0.2) is 5.96 Å². The van der Waals surface area contributed by atoms with Crippen molar-refractivity contribution >= 4 is 5.96 Å². The van der Waals surface area contributed by atoms with Gasteiger partial charge in [-0.2, -0.15) is 0 Å². The molecule has 1 aromatic carbocycles. The highest BCUT2D eigenvalue weighted by atomic mass is 16.5. The van der Waals surface area contributed by atoms with E-state index < -0.39 is 0 Å². The van der Waals surface area contributed by atoms with Crippen LogP contribution < -0.4 is 10.6 Å². The van der Waals surface area contributed by atoms with Gasteiger partial charge in [0, 0.05) is 19.7 Å². The average Bonchev–Trinajstić information content (AvgIpc) is 2.37. The number of guanidine groups is 1. The lowest BCUT2D eigenvalue weighted by molar-refractivity contribution is 0.179. The normalized spacial score (nSPS) is 13.1. The molecule has 0 fully saturated rings. The van der Waals surface area contributed by atoms with Crippen molar-refractivity contribution in [3.05, 3.63) is 34.4 Å². The molecule has 0 radical (unpaired) electrons. The summed E-state index contributed by atoms with van der Waals surface area (Å²) in [6.45, 7) is 12.8. The second-order valence-electron chi connectivity index (χ2n) is 5.57. The van der Waals surface area contributed by atoms with Crippen molar-refractivity contribution in [3.63, 3.8) is 0 Å². The first-order valence-corrected chi connectivity index (χ1v) is 7.58. The van der Waals surface area contributed by atoms with Crippen LogP contribution in [-0.4, -0.2) is 32.3 Å². The molecule has 118 valence electrons. The number of rotatable bonds is 6. The molecule has 0 aliphatic heterocycles. The van der Waals surface area contributed by atoms with Crippen LogP contribution in [0.15, 0.2) is 17.1 Å². The summed E-state index contributed by atoms with van der Waals surface area (Å²) in [5.74, 6) is 0.835. The van der Waals surface area contributed by atoms with E-state index in [0.717, 1.165) is 12.5 Å². The van der Waals surface area contributed by atoms with Crippen LogP contribution in [-0.2, 0) is 11.3 Å². The van der Waals surface area contributed by atoms with Crippen LogP contribution in [0.3, 0.4) is 0 Å². The van der Waals surface area contributed by atoms with E-state index in [0.29, 0.717) is 13.2 Å². The molecular formula is C17H29N3O. The maximum Gasteiger partial charge on any atom is 0.191 e. The number of aliphatic imine (C=N–C) groups is 1. The molecular weight excluding hydrogens is 262 g/mol. The highest BCUT2D eigenvalue weighted by Gasteiger charge is 2.06. The zero-order valence-electron chi connectivity index (χ0n) is 14.2. The van der Waals surface area contributed by atoms with Gasteiger partial charge in [0.05, 0.1) is 13.2 Å².